The first-order chi connectivity index (χ1) is 15.2. The van der Waals surface area contributed by atoms with Crippen LogP contribution in [0, 0.1) is 6.92 Å². The first-order valence-corrected chi connectivity index (χ1v) is 10.1. The summed E-state index contributed by atoms with van der Waals surface area (Å²) in [4.78, 5) is 27.3. The standard InChI is InChI=1S/C23H23F3N2O4/c1-3-31-14-4-13-28-21(29)19(16-7-5-15(2)6-8-16)20(22(28)30)27-17-9-11-18(12-10-17)32-23(24,25)26/h5-12,27H,3-4,13-14H2,1-2H3. The van der Waals surface area contributed by atoms with Crippen LogP contribution in [0.1, 0.15) is 24.5 Å². The summed E-state index contributed by atoms with van der Waals surface area (Å²) >= 11 is 0. The van der Waals surface area contributed by atoms with Crippen LogP contribution in [0.5, 0.6) is 5.75 Å². The van der Waals surface area contributed by atoms with Crippen molar-refractivity contribution in [1.82, 2.24) is 4.90 Å². The minimum absolute atomic E-state index is 0.0692. The van der Waals surface area contributed by atoms with Gasteiger partial charge in [-0.2, -0.15) is 0 Å². The van der Waals surface area contributed by atoms with E-state index in [1.165, 1.54) is 12.1 Å². The van der Waals surface area contributed by atoms with Crippen molar-refractivity contribution in [3.05, 3.63) is 65.4 Å². The van der Waals surface area contributed by atoms with Crippen LogP contribution in [-0.2, 0) is 14.3 Å². The van der Waals surface area contributed by atoms with Crippen molar-refractivity contribution in [2.75, 3.05) is 25.1 Å². The van der Waals surface area contributed by atoms with Gasteiger partial charge in [-0.15, -0.1) is 13.2 Å². The monoisotopic (exact) mass is 448 g/mol. The molecule has 0 spiro atoms. The fraction of sp³-hybridized carbons (Fsp3) is 0.304. The number of imide groups is 1. The highest BCUT2D eigenvalue weighted by atomic mass is 19.4. The van der Waals surface area contributed by atoms with Crippen molar-refractivity contribution in [1.29, 1.82) is 0 Å². The van der Waals surface area contributed by atoms with E-state index in [1.807, 2.05) is 26.0 Å². The lowest BCUT2D eigenvalue weighted by Gasteiger charge is -2.15. The van der Waals surface area contributed by atoms with Crippen molar-refractivity contribution in [2.45, 2.75) is 26.6 Å². The Morgan fingerprint density at radius 3 is 2.22 bits per heavy atom. The third-order valence-electron chi connectivity index (χ3n) is 4.74. The van der Waals surface area contributed by atoms with Gasteiger partial charge in [0, 0.05) is 25.4 Å². The van der Waals surface area contributed by atoms with Crippen LogP contribution in [0.2, 0.25) is 0 Å². The smallest absolute Gasteiger partial charge is 0.406 e. The van der Waals surface area contributed by atoms with Crippen LogP contribution < -0.4 is 10.1 Å². The molecule has 0 aromatic heterocycles. The van der Waals surface area contributed by atoms with Crippen molar-refractivity contribution in [3.8, 4) is 5.75 Å². The molecule has 0 aliphatic carbocycles. The first kappa shape index (κ1) is 23.3. The number of alkyl halides is 3. The number of nitrogens with zero attached hydrogens (tertiary/aromatic N) is 1. The zero-order valence-electron chi connectivity index (χ0n) is 17.7. The van der Waals surface area contributed by atoms with E-state index >= 15 is 0 Å². The Bertz CT molecular complexity index is 999. The molecule has 0 saturated heterocycles. The maximum Gasteiger partial charge on any atom is 0.573 e. The number of nitrogens with one attached hydrogen (secondary N) is 1. The number of aryl methyl sites for hydroxylation is 1. The SMILES string of the molecule is CCOCCCN1C(=O)C(Nc2ccc(OC(F)(F)F)cc2)=C(c2ccc(C)cc2)C1=O. The average molecular weight is 448 g/mol. The van der Waals surface area contributed by atoms with E-state index < -0.39 is 18.2 Å². The minimum Gasteiger partial charge on any atom is -0.406 e. The molecule has 2 aromatic rings. The van der Waals surface area contributed by atoms with Crippen LogP contribution in [0.4, 0.5) is 18.9 Å². The largest absolute Gasteiger partial charge is 0.573 e. The number of halogens is 3. The van der Waals surface area contributed by atoms with Crippen molar-refractivity contribution >= 4 is 23.1 Å². The van der Waals surface area contributed by atoms with E-state index in [0.717, 1.165) is 22.6 Å². The summed E-state index contributed by atoms with van der Waals surface area (Å²) in [7, 11) is 0. The summed E-state index contributed by atoms with van der Waals surface area (Å²) in [5.74, 6) is -1.32. The molecule has 6 nitrogen and oxygen atoms in total. The van der Waals surface area contributed by atoms with Gasteiger partial charge in [0.25, 0.3) is 11.8 Å². The minimum atomic E-state index is -4.80. The van der Waals surface area contributed by atoms with Gasteiger partial charge in [-0.25, -0.2) is 0 Å². The summed E-state index contributed by atoms with van der Waals surface area (Å²) in [5.41, 5.74) is 2.19. The van der Waals surface area contributed by atoms with Gasteiger partial charge in [0.1, 0.15) is 11.4 Å². The fourth-order valence-electron chi connectivity index (χ4n) is 3.24. The molecule has 3 rings (SSSR count). The molecule has 0 saturated carbocycles. The summed E-state index contributed by atoms with van der Waals surface area (Å²) in [6.45, 7) is 4.91. The summed E-state index contributed by atoms with van der Waals surface area (Å²) in [6.07, 6.45) is -4.31. The predicted octanol–water partition coefficient (Wildman–Crippen LogP) is 4.51. The van der Waals surface area contributed by atoms with Gasteiger partial charge in [0.2, 0.25) is 0 Å². The lowest BCUT2D eigenvalue weighted by atomic mass is 10.0. The molecule has 1 N–H and O–H groups in total. The normalized spacial score (nSPS) is 14.3. The molecule has 1 heterocycles. The molecule has 0 fully saturated rings. The molecule has 1 aliphatic rings. The maximum atomic E-state index is 13.1. The second-order valence-corrected chi connectivity index (χ2v) is 7.13. The molecule has 170 valence electrons. The Kier molecular flexibility index (Phi) is 7.19. The van der Waals surface area contributed by atoms with E-state index in [0.29, 0.717) is 30.9 Å². The zero-order valence-corrected chi connectivity index (χ0v) is 17.7. The third kappa shape index (κ3) is 5.67. The third-order valence-corrected chi connectivity index (χ3v) is 4.74. The summed E-state index contributed by atoms with van der Waals surface area (Å²) < 4.78 is 46.3. The quantitative estimate of drug-likeness (QED) is 0.452. The molecule has 2 amide bonds. The van der Waals surface area contributed by atoms with Crippen LogP contribution in [0.15, 0.2) is 54.2 Å². The number of carbonyl (C=O) groups is 2. The highest BCUT2D eigenvalue weighted by molar-refractivity contribution is 6.36. The van der Waals surface area contributed by atoms with E-state index in [2.05, 4.69) is 10.1 Å². The summed E-state index contributed by atoms with van der Waals surface area (Å²) in [5, 5.41) is 2.91. The maximum absolute atomic E-state index is 13.1. The lowest BCUT2D eigenvalue weighted by molar-refractivity contribution is -0.274. The van der Waals surface area contributed by atoms with Gasteiger partial charge in [-0.1, -0.05) is 29.8 Å². The van der Waals surface area contributed by atoms with Crippen LogP contribution in [-0.4, -0.2) is 42.8 Å². The topological polar surface area (TPSA) is 67.9 Å². The molecule has 0 bridgehead atoms. The molecule has 32 heavy (non-hydrogen) atoms. The van der Waals surface area contributed by atoms with E-state index in [9.17, 15) is 22.8 Å². The van der Waals surface area contributed by atoms with Gasteiger partial charge in [0.15, 0.2) is 0 Å². The molecule has 0 atom stereocenters. The Hall–Kier alpha value is -3.33. The number of hydrogen-bond donors (Lipinski definition) is 1. The highest BCUT2D eigenvalue weighted by Gasteiger charge is 2.39. The van der Waals surface area contributed by atoms with Gasteiger partial charge < -0.3 is 14.8 Å². The molecule has 9 heteroatoms. The fourth-order valence-corrected chi connectivity index (χ4v) is 3.24. The van der Waals surface area contributed by atoms with Crippen molar-refractivity contribution in [2.24, 2.45) is 0 Å². The van der Waals surface area contributed by atoms with Gasteiger partial charge in [0.05, 0.1) is 5.57 Å². The molecule has 2 aromatic carbocycles. The van der Waals surface area contributed by atoms with Crippen molar-refractivity contribution < 1.29 is 32.2 Å². The lowest BCUT2D eigenvalue weighted by Crippen LogP contribution is -2.34. The number of amides is 2. The Labute approximate surface area is 183 Å². The second-order valence-electron chi connectivity index (χ2n) is 7.13. The average Bonchev–Trinajstić information content (AvgIpc) is 2.96. The Morgan fingerprint density at radius 1 is 0.969 bits per heavy atom. The predicted molar refractivity (Wildman–Crippen MR) is 113 cm³/mol. The highest BCUT2D eigenvalue weighted by Crippen LogP contribution is 2.31. The Balaban J connectivity index is 1.88. The molecular formula is C23H23F3N2O4. The molecule has 1 aliphatic heterocycles. The number of anilines is 1. The zero-order chi connectivity index (χ0) is 23.3. The van der Waals surface area contributed by atoms with Crippen molar-refractivity contribution in [3.63, 3.8) is 0 Å². The van der Waals surface area contributed by atoms with Gasteiger partial charge >= 0.3 is 6.36 Å². The van der Waals surface area contributed by atoms with Gasteiger partial charge in [-0.3, -0.25) is 14.5 Å². The van der Waals surface area contributed by atoms with E-state index in [4.69, 9.17) is 4.74 Å². The van der Waals surface area contributed by atoms with Crippen LogP contribution in [0.25, 0.3) is 5.57 Å². The number of hydrogen-bond acceptors (Lipinski definition) is 5. The summed E-state index contributed by atoms with van der Waals surface area (Å²) in [6, 6.07) is 12.1. The molecule has 0 radical (unpaired) electrons. The second kappa shape index (κ2) is 9.86. The molecule has 0 unspecified atom stereocenters. The number of rotatable bonds is 9. The number of benzene rings is 2. The molecular weight excluding hydrogens is 425 g/mol. The number of carbonyl (C=O) groups excluding carboxylic acids is 2. The van der Waals surface area contributed by atoms with E-state index in [-0.39, 0.29) is 23.6 Å². The van der Waals surface area contributed by atoms with Gasteiger partial charge in [-0.05, 0) is 50.1 Å². The van der Waals surface area contributed by atoms with E-state index in [1.54, 1.807) is 12.1 Å². The first-order valence-electron chi connectivity index (χ1n) is 10.1. The number of ether oxygens (including phenoxy) is 2. The van der Waals surface area contributed by atoms with Crippen LogP contribution >= 0.6 is 0 Å². The Morgan fingerprint density at radius 2 is 1.62 bits per heavy atom. The van der Waals surface area contributed by atoms with Crippen LogP contribution in [0.3, 0.4) is 0 Å².